The molecule has 5 heteroatoms. The van der Waals surface area contributed by atoms with E-state index >= 15 is 0 Å². The third-order valence-corrected chi connectivity index (χ3v) is 5.70. The first-order valence-corrected chi connectivity index (χ1v) is 10.8. The van der Waals surface area contributed by atoms with Crippen LogP contribution in [0.1, 0.15) is 31.0 Å². The van der Waals surface area contributed by atoms with Crippen LogP contribution in [0.4, 0.5) is 0 Å². The number of hydrogen-bond acceptors (Lipinski definition) is 4. The fraction of sp³-hybridized carbons (Fsp3) is 0.185. The molecule has 0 saturated heterocycles. The zero-order valence-electron chi connectivity index (χ0n) is 18.4. The molecule has 3 aromatic carbocycles. The molecule has 0 saturated carbocycles. The second kappa shape index (κ2) is 8.35. The first-order valence-electron chi connectivity index (χ1n) is 10.8. The number of fused-ring (bicyclic) bond motifs is 1. The SMILES string of the molecule is COc1ccc2c(c1)c(-c1nnc(-c3ccccc3)o1)c(C(C)C)n2Cc1ccccc1. The Kier molecular flexibility index (Phi) is 5.23. The Bertz CT molecular complexity index is 1350. The lowest BCUT2D eigenvalue weighted by Gasteiger charge is -2.14. The van der Waals surface area contributed by atoms with Gasteiger partial charge in [0, 0.05) is 28.7 Å². The summed E-state index contributed by atoms with van der Waals surface area (Å²) in [5.41, 5.74) is 5.40. The first-order chi connectivity index (χ1) is 15.7. The molecule has 2 aromatic heterocycles. The number of ether oxygens (including phenoxy) is 1. The van der Waals surface area contributed by atoms with Crippen molar-refractivity contribution in [3.63, 3.8) is 0 Å². The zero-order chi connectivity index (χ0) is 22.1. The van der Waals surface area contributed by atoms with Crippen LogP contribution < -0.4 is 4.74 Å². The molecular weight excluding hydrogens is 398 g/mol. The summed E-state index contributed by atoms with van der Waals surface area (Å²) in [5.74, 6) is 2.09. The molecule has 5 aromatic rings. The van der Waals surface area contributed by atoms with E-state index in [0.717, 1.165) is 34.3 Å². The Morgan fingerprint density at radius 2 is 1.56 bits per heavy atom. The van der Waals surface area contributed by atoms with Gasteiger partial charge in [0.1, 0.15) is 5.75 Å². The van der Waals surface area contributed by atoms with E-state index in [1.54, 1.807) is 7.11 Å². The minimum absolute atomic E-state index is 0.249. The number of hydrogen-bond donors (Lipinski definition) is 0. The second-order valence-corrected chi connectivity index (χ2v) is 8.15. The van der Waals surface area contributed by atoms with Crippen molar-refractivity contribution in [3.05, 3.63) is 90.1 Å². The van der Waals surface area contributed by atoms with Gasteiger partial charge in [0.25, 0.3) is 5.89 Å². The highest BCUT2D eigenvalue weighted by Gasteiger charge is 2.25. The number of methoxy groups -OCH3 is 1. The monoisotopic (exact) mass is 423 g/mol. The van der Waals surface area contributed by atoms with Crippen molar-refractivity contribution in [1.29, 1.82) is 0 Å². The summed E-state index contributed by atoms with van der Waals surface area (Å²) in [6, 6.07) is 26.5. The van der Waals surface area contributed by atoms with E-state index in [0.29, 0.717) is 11.8 Å². The van der Waals surface area contributed by atoms with Crippen LogP contribution in [-0.4, -0.2) is 21.9 Å². The molecular formula is C27H25N3O2. The van der Waals surface area contributed by atoms with Crippen LogP contribution in [-0.2, 0) is 6.54 Å². The van der Waals surface area contributed by atoms with Gasteiger partial charge in [-0.15, -0.1) is 10.2 Å². The van der Waals surface area contributed by atoms with Gasteiger partial charge < -0.3 is 13.7 Å². The molecule has 0 bridgehead atoms. The Hall–Kier alpha value is -3.86. The standard InChI is InChI=1S/C27H25N3O2/c1-18(2)25-24(27-29-28-26(32-27)20-12-8-5-9-13-20)22-16-21(31-3)14-15-23(22)30(25)17-19-10-6-4-7-11-19/h4-16,18H,17H2,1-3H3. The van der Waals surface area contributed by atoms with Gasteiger partial charge in [-0.25, -0.2) is 0 Å². The molecule has 0 spiro atoms. The number of benzene rings is 3. The van der Waals surface area contributed by atoms with Crippen LogP contribution in [0, 0.1) is 0 Å². The highest BCUT2D eigenvalue weighted by Crippen LogP contribution is 2.40. The highest BCUT2D eigenvalue weighted by atomic mass is 16.5. The van der Waals surface area contributed by atoms with E-state index in [2.05, 4.69) is 65.0 Å². The summed E-state index contributed by atoms with van der Waals surface area (Å²) < 4.78 is 14.1. The minimum Gasteiger partial charge on any atom is -0.497 e. The van der Waals surface area contributed by atoms with Crippen molar-refractivity contribution >= 4 is 10.9 Å². The van der Waals surface area contributed by atoms with Crippen LogP contribution in [0.2, 0.25) is 0 Å². The number of aromatic nitrogens is 3. The van der Waals surface area contributed by atoms with Gasteiger partial charge in [-0.05, 0) is 41.8 Å². The third-order valence-electron chi connectivity index (χ3n) is 5.70. The zero-order valence-corrected chi connectivity index (χ0v) is 18.4. The maximum atomic E-state index is 6.22. The van der Waals surface area contributed by atoms with Gasteiger partial charge in [0.15, 0.2) is 0 Å². The number of rotatable bonds is 6. The summed E-state index contributed by atoms with van der Waals surface area (Å²) in [6.45, 7) is 5.16. The lowest BCUT2D eigenvalue weighted by atomic mass is 10.0. The molecule has 0 atom stereocenters. The predicted octanol–water partition coefficient (Wildman–Crippen LogP) is 6.54. The average molecular weight is 424 g/mol. The highest BCUT2D eigenvalue weighted by molar-refractivity contribution is 5.97. The van der Waals surface area contributed by atoms with Crippen molar-refractivity contribution in [2.24, 2.45) is 0 Å². The van der Waals surface area contributed by atoms with E-state index in [4.69, 9.17) is 9.15 Å². The van der Waals surface area contributed by atoms with Crippen molar-refractivity contribution in [3.8, 4) is 28.7 Å². The molecule has 5 rings (SSSR count). The van der Waals surface area contributed by atoms with E-state index in [1.165, 1.54) is 11.3 Å². The van der Waals surface area contributed by atoms with Crippen molar-refractivity contribution in [1.82, 2.24) is 14.8 Å². The molecule has 5 nitrogen and oxygen atoms in total. The van der Waals surface area contributed by atoms with Gasteiger partial charge in [0.05, 0.1) is 12.7 Å². The Morgan fingerprint density at radius 3 is 2.25 bits per heavy atom. The lowest BCUT2D eigenvalue weighted by molar-refractivity contribution is 0.415. The van der Waals surface area contributed by atoms with E-state index in [-0.39, 0.29) is 5.92 Å². The Morgan fingerprint density at radius 1 is 0.875 bits per heavy atom. The predicted molar refractivity (Wildman–Crippen MR) is 127 cm³/mol. The molecule has 0 amide bonds. The summed E-state index contributed by atoms with van der Waals surface area (Å²) in [5, 5.41) is 9.86. The van der Waals surface area contributed by atoms with Gasteiger partial charge in [-0.1, -0.05) is 62.4 Å². The topological polar surface area (TPSA) is 53.1 Å². The summed E-state index contributed by atoms with van der Waals surface area (Å²) in [6.07, 6.45) is 0. The first kappa shape index (κ1) is 20.1. The van der Waals surface area contributed by atoms with Gasteiger partial charge >= 0.3 is 0 Å². The third kappa shape index (κ3) is 3.56. The van der Waals surface area contributed by atoms with E-state index in [1.807, 2.05) is 42.5 Å². The smallest absolute Gasteiger partial charge is 0.250 e. The molecule has 0 unspecified atom stereocenters. The fourth-order valence-electron chi connectivity index (χ4n) is 4.26. The molecule has 32 heavy (non-hydrogen) atoms. The fourth-order valence-corrected chi connectivity index (χ4v) is 4.26. The van der Waals surface area contributed by atoms with Crippen LogP contribution in [0.25, 0.3) is 33.8 Å². The van der Waals surface area contributed by atoms with Gasteiger partial charge in [0.2, 0.25) is 5.89 Å². The van der Waals surface area contributed by atoms with Crippen molar-refractivity contribution in [2.75, 3.05) is 7.11 Å². The van der Waals surface area contributed by atoms with Crippen molar-refractivity contribution in [2.45, 2.75) is 26.3 Å². The summed E-state index contributed by atoms with van der Waals surface area (Å²) in [7, 11) is 1.69. The number of nitrogens with zero attached hydrogens (tertiary/aromatic N) is 3. The molecule has 0 radical (unpaired) electrons. The maximum absolute atomic E-state index is 6.22. The van der Waals surface area contributed by atoms with Crippen LogP contribution >= 0.6 is 0 Å². The van der Waals surface area contributed by atoms with Gasteiger partial charge in [-0.2, -0.15) is 0 Å². The molecule has 2 heterocycles. The molecule has 0 N–H and O–H groups in total. The van der Waals surface area contributed by atoms with Crippen LogP contribution in [0.3, 0.4) is 0 Å². The van der Waals surface area contributed by atoms with Crippen molar-refractivity contribution < 1.29 is 9.15 Å². The molecule has 0 aliphatic rings. The molecule has 0 fully saturated rings. The largest absolute Gasteiger partial charge is 0.497 e. The molecule has 0 aliphatic carbocycles. The van der Waals surface area contributed by atoms with Crippen LogP contribution in [0.5, 0.6) is 5.75 Å². The summed E-state index contributed by atoms with van der Waals surface area (Å²) in [4.78, 5) is 0. The molecule has 160 valence electrons. The maximum Gasteiger partial charge on any atom is 0.250 e. The van der Waals surface area contributed by atoms with E-state index < -0.39 is 0 Å². The Labute approximate surface area is 187 Å². The second-order valence-electron chi connectivity index (χ2n) is 8.15. The quantitative estimate of drug-likeness (QED) is 0.311. The average Bonchev–Trinajstić information content (AvgIpc) is 3.43. The molecule has 0 aliphatic heterocycles. The van der Waals surface area contributed by atoms with E-state index in [9.17, 15) is 0 Å². The Balaban J connectivity index is 1.74. The minimum atomic E-state index is 0.249. The van der Waals surface area contributed by atoms with Crippen LogP contribution in [0.15, 0.2) is 83.3 Å². The lowest BCUT2D eigenvalue weighted by Crippen LogP contribution is -2.06. The summed E-state index contributed by atoms with van der Waals surface area (Å²) >= 11 is 0. The van der Waals surface area contributed by atoms with Gasteiger partial charge in [-0.3, -0.25) is 0 Å². The normalized spacial score (nSPS) is 11.4.